The van der Waals surface area contributed by atoms with E-state index in [9.17, 15) is 8.42 Å². The van der Waals surface area contributed by atoms with Crippen molar-refractivity contribution in [3.8, 4) is 5.75 Å². The Morgan fingerprint density at radius 1 is 1.31 bits per heavy atom. The molecule has 1 unspecified atom stereocenters. The Morgan fingerprint density at radius 2 is 1.88 bits per heavy atom. The highest BCUT2D eigenvalue weighted by molar-refractivity contribution is 7.90. The highest BCUT2D eigenvalue weighted by Crippen LogP contribution is 2.13. The Hall–Kier alpha value is -1.07. The Kier molecular flexibility index (Phi) is 4.32. The number of sulfone groups is 1. The van der Waals surface area contributed by atoms with Crippen LogP contribution < -0.4 is 5.73 Å². The van der Waals surface area contributed by atoms with Crippen molar-refractivity contribution in [2.45, 2.75) is 12.7 Å². The number of phenolic OH excluding ortho intramolecular Hbond substituents is 1. The fraction of sp³-hybridized carbons (Fsp3) is 0.455. The molecule has 0 radical (unpaired) electrons. The Bertz CT molecular complexity index is 425. The van der Waals surface area contributed by atoms with E-state index in [1.807, 2.05) is 6.92 Å². The molecule has 16 heavy (non-hydrogen) atoms. The van der Waals surface area contributed by atoms with Crippen molar-refractivity contribution in [2.75, 3.05) is 12.3 Å². The van der Waals surface area contributed by atoms with Crippen LogP contribution in [0.15, 0.2) is 24.3 Å². The van der Waals surface area contributed by atoms with Gasteiger partial charge in [-0.3, -0.25) is 0 Å². The molecule has 0 spiro atoms. The van der Waals surface area contributed by atoms with Crippen molar-refractivity contribution in [3.63, 3.8) is 0 Å². The quantitative estimate of drug-likeness (QED) is 0.805. The van der Waals surface area contributed by atoms with Gasteiger partial charge in [-0.25, -0.2) is 8.42 Å². The summed E-state index contributed by atoms with van der Waals surface area (Å²) in [5.74, 6) is 0.209. The molecule has 0 fully saturated rings. The standard InChI is InChI=1S/C11H17NO3S/c1-9(6-12)7-16(14,15)8-10-2-4-11(13)5-3-10/h2-5,9,13H,6-8,12H2,1H3. The molecule has 4 nitrogen and oxygen atoms in total. The first kappa shape index (κ1) is 13.0. The van der Waals surface area contributed by atoms with Crippen LogP contribution in [0.25, 0.3) is 0 Å². The third-order valence-electron chi connectivity index (χ3n) is 2.26. The first-order valence-electron chi connectivity index (χ1n) is 5.11. The lowest BCUT2D eigenvalue weighted by atomic mass is 10.2. The molecule has 1 rings (SSSR count). The molecular formula is C11H17NO3S. The molecule has 0 bridgehead atoms. The van der Waals surface area contributed by atoms with E-state index in [1.165, 1.54) is 12.1 Å². The molecule has 0 heterocycles. The van der Waals surface area contributed by atoms with Gasteiger partial charge in [0.15, 0.2) is 9.84 Å². The van der Waals surface area contributed by atoms with Crippen LogP contribution in [0.2, 0.25) is 0 Å². The van der Waals surface area contributed by atoms with Crippen LogP contribution in [0.4, 0.5) is 0 Å². The van der Waals surface area contributed by atoms with Crippen molar-refractivity contribution in [3.05, 3.63) is 29.8 Å². The fourth-order valence-corrected chi connectivity index (χ4v) is 3.23. The van der Waals surface area contributed by atoms with Gasteiger partial charge >= 0.3 is 0 Å². The van der Waals surface area contributed by atoms with Crippen molar-refractivity contribution < 1.29 is 13.5 Å². The Morgan fingerprint density at radius 3 is 2.38 bits per heavy atom. The topological polar surface area (TPSA) is 80.4 Å². The van der Waals surface area contributed by atoms with E-state index in [4.69, 9.17) is 10.8 Å². The van der Waals surface area contributed by atoms with Crippen LogP contribution in [-0.2, 0) is 15.6 Å². The molecule has 0 aliphatic carbocycles. The van der Waals surface area contributed by atoms with E-state index in [2.05, 4.69) is 0 Å². The van der Waals surface area contributed by atoms with E-state index < -0.39 is 9.84 Å². The monoisotopic (exact) mass is 243 g/mol. The summed E-state index contributed by atoms with van der Waals surface area (Å²) < 4.78 is 23.5. The van der Waals surface area contributed by atoms with Gasteiger partial charge in [0.25, 0.3) is 0 Å². The molecule has 3 N–H and O–H groups in total. The maximum absolute atomic E-state index is 11.7. The summed E-state index contributed by atoms with van der Waals surface area (Å²) >= 11 is 0. The van der Waals surface area contributed by atoms with Crippen LogP contribution in [0.1, 0.15) is 12.5 Å². The summed E-state index contributed by atoms with van der Waals surface area (Å²) in [6, 6.07) is 6.19. The highest BCUT2D eigenvalue weighted by atomic mass is 32.2. The van der Waals surface area contributed by atoms with Crippen molar-refractivity contribution in [2.24, 2.45) is 11.7 Å². The average Bonchev–Trinajstić information content (AvgIpc) is 2.20. The van der Waals surface area contributed by atoms with Crippen LogP contribution in [0.5, 0.6) is 5.75 Å². The third kappa shape index (κ3) is 4.20. The summed E-state index contributed by atoms with van der Waals surface area (Å²) in [6.45, 7) is 2.18. The number of phenols is 1. The van der Waals surface area contributed by atoms with Gasteiger partial charge in [0.2, 0.25) is 0 Å². The minimum absolute atomic E-state index is 0.00236. The number of rotatable bonds is 5. The van der Waals surface area contributed by atoms with E-state index in [0.29, 0.717) is 12.1 Å². The van der Waals surface area contributed by atoms with Crippen molar-refractivity contribution in [1.82, 2.24) is 0 Å². The second kappa shape index (κ2) is 5.32. The number of nitrogens with two attached hydrogens (primary N) is 1. The third-order valence-corrected chi connectivity index (χ3v) is 4.11. The Balaban J connectivity index is 2.69. The molecule has 0 saturated heterocycles. The van der Waals surface area contributed by atoms with Crippen LogP contribution in [0, 0.1) is 5.92 Å². The molecular weight excluding hydrogens is 226 g/mol. The zero-order valence-corrected chi connectivity index (χ0v) is 10.1. The first-order valence-corrected chi connectivity index (χ1v) is 6.93. The van der Waals surface area contributed by atoms with Gasteiger partial charge in [-0.15, -0.1) is 0 Å². The van der Waals surface area contributed by atoms with Gasteiger partial charge in [-0.05, 0) is 30.2 Å². The van der Waals surface area contributed by atoms with Gasteiger partial charge < -0.3 is 10.8 Å². The van der Waals surface area contributed by atoms with E-state index in [1.54, 1.807) is 12.1 Å². The van der Waals surface area contributed by atoms with E-state index in [-0.39, 0.29) is 23.2 Å². The maximum Gasteiger partial charge on any atom is 0.154 e. The van der Waals surface area contributed by atoms with Crippen LogP contribution in [-0.4, -0.2) is 25.8 Å². The summed E-state index contributed by atoms with van der Waals surface area (Å²) in [7, 11) is -3.12. The second-order valence-electron chi connectivity index (χ2n) is 4.06. The van der Waals surface area contributed by atoms with Gasteiger partial charge in [-0.1, -0.05) is 19.1 Å². The van der Waals surface area contributed by atoms with E-state index >= 15 is 0 Å². The summed E-state index contributed by atoms with van der Waals surface area (Å²) in [5.41, 5.74) is 6.08. The molecule has 1 aromatic rings. The number of hydrogen-bond acceptors (Lipinski definition) is 4. The molecule has 0 aliphatic heterocycles. The normalized spacial score (nSPS) is 13.6. The summed E-state index contributed by atoms with van der Waals surface area (Å²) in [5, 5.41) is 9.07. The predicted molar refractivity (Wildman–Crippen MR) is 63.8 cm³/mol. The van der Waals surface area contributed by atoms with Gasteiger partial charge in [0.05, 0.1) is 11.5 Å². The van der Waals surface area contributed by atoms with Crippen molar-refractivity contribution in [1.29, 1.82) is 0 Å². The molecule has 0 aromatic heterocycles. The minimum atomic E-state index is -3.12. The fourth-order valence-electron chi connectivity index (χ4n) is 1.41. The SMILES string of the molecule is CC(CN)CS(=O)(=O)Cc1ccc(O)cc1. The summed E-state index contributed by atoms with van der Waals surface area (Å²) in [4.78, 5) is 0. The van der Waals surface area contributed by atoms with Gasteiger partial charge in [0.1, 0.15) is 5.75 Å². The average molecular weight is 243 g/mol. The van der Waals surface area contributed by atoms with Crippen LogP contribution >= 0.6 is 0 Å². The van der Waals surface area contributed by atoms with Crippen molar-refractivity contribution >= 4 is 9.84 Å². The van der Waals surface area contributed by atoms with E-state index in [0.717, 1.165) is 0 Å². The molecule has 5 heteroatoms. The number of hydrogen-bond donors (Lipinski definition) is 2. The molecule has 0 aliphatic rings. The van der Waals surface area contributed by atoms with Crippen LogP contribution in [0.3, 0.4) is 0 Å². The van der Waals surface area contributed by atoms with Gasteiger partial charge in [0, 0.05) is 0 Å². The zero-order chi connectivity index (χ0) is 12.2. The summed E-state index contributed by atoms with van der Waals surface area (Å²) in [6.07, 6.45) is 0. The second-order valence-corrected chi connectivity index (χ2v) is 6.17. The molecule has 90 valence electrons. The number of aromatic hydroxyl groups is 1. The largest absolute Gasteiger partial charge is 0.508 e. The number of benzene rings is 1. The minimum Gasteiger partial charge on any atom is -0.508 e. The molecule has 1 atom stereocenters. The lowest BCUT2D eigenvalue weighted by Gasteiger charge is -2.09. The smallest absolute Gasteiger partial charge is 0.154 e. The Labute approximate surface area is 96.0 Å². The maximum atomic E-state index is 11.7. The molecule has 0 saturated carbocycles. The molecule has 1 aromatic carbocycles. The molecule has 0 amide bonds. The lowest BCUT2D eigenvalue weighted by molar-refractivity contribution is 0.475. The zero-order valence-electron chi connectivity index (χ0n) is 9.26. The first-order chi connectivity index (χ1) is 7.43. The predicted octanol–water partition coefficient (Wildman–Crippen LogP) is 0.902. The highest BCUT2D eigenvalue weighted by Gasteiger charge is 2.15. The van der Waals surface area contributed by atoms with Gasteiger partial charge in [-0.2, -0.15) is 0 Å². The lowest BCUT2D eigenvalue weighted by Crippen LogP contribution is -2.22.